The minimum Gasteiger partial charge on any atom is -0.356 e. The van der Waals surface area contributed by atoms with Crippen LogP contribution >= 0.6 is 0 Å². The van der Waals surface area contributed by atoms with Gasteiger partial charge in [-0.25, -0.2) is 9.37 Å². The van der Waals surface area contributed by atoms with Gasteiger partial charge in [-0.1, -0.05) is 24.3 Å². The maximum absolute atomic E-state index is 13.9. The molecule has 164 valence electrons. The van der Waals surface area contributed by atoms with Crippen molar-refractivity contribution in [2.45, 2.75) is 6.18 Å². The second kappa shape index (κ2) is 8.05. The molecule has 2 heterocycles. The summed E-state index contributed by atoms with van der Waals surface area (Å²) in [4.78, 5) is 11.5. The Kier molecular flexibility index (Phi) is 5.05. The first kappa shape index (κ1) is 20.7. The minimum absolute atomic E-state index is 0.282. The van der Waals surface area contributed by atoms with Gasteiger partial charge in [0, 0.05) is 28.7 Å². The van der Waals surface area contributed by atoms with Gasteiger partial charge < -0.3 is 10.3 Å². The van der Waals surface area contributed by atoms with Crippen LogP contribution in [0.5, 0.6) is 0 Å². The van der Waals surface area contributed by atoms with E-state index >= 15 is 0 Å². The number of aromatic amines is 1. The first-order chi connectivity index (χ1) is 15.9. The molecule has 0 amide bonds. The van der Waals surface area contributed by atoms with Crippen molar-refractivity contribution >= 4 is 22.4 Å². The SMILES string of the molecule is Fc1cccnc1-c1ccc(Nc2cccc(-c3nc4ccc(C(F)(F)F)cc4[nH]3)c2)cc1. The van der Waals surface area contributed by atoms with Crippen molar-refractivity contribution in [3.63, 3.8) is 0 Å². The van der Waals surface area contributed by atoms with Gasteiger partial charge in [0.15, 0.2) is 0 Å². The number of H-pyrrole nitrogens is 1. The molecule has 0 unspecified atom stereocenters. The molecule has 0 saturated carbocycles. The molecule has 2 N–H and O–H groups in total. The van der Waals surface area contributed by atoms with Gasteiger partial charge in [-0.05, 0) is 54.6 Å². The van der Waals surface area contributed by atoms with Crippen molar-refractivity contribution < 1.29 is 17.6 Å². The zero-order valence-electron chi connectivity index (χ0n) is 17.0. The molecule has 5 rings (SSSR count). The van der Waals surface area contributed by atoms with Gasteiger partial charge in [0.1, 0.15) is 17.3 Å². The highest BCUT2D eigenvalue weighted by atomic mass is 19.4. The highest BCUT2D eigenvalue weighted by Crippen LogP contribution is 2.32. The van der Waals surface area contributed by atoms with E-state index < -0.39 is 11.7 Å². The summed E-state index contributed by atoms with van der Waals surface area (Å²) in [7, 11) is 0. The van der Waals surface area contributed by atoms with Crippen LogP contribution in [0, 0.1) is 5.82 Å². The molecular weight excluding hydrogens is 432 g/mol. The van der Waals surface area contributed by atoms with E-state index in [0.29, 0.717) is 22.4 Å². The number of alkyl halides is 3. The zero-order valence-corrected chi connectivity index (χ0v) is 17.0. The predicted molar refractivity (Wildman–Crippen MR) is 119 cm³/mol. The Morgan fingerprint density at radius 3 is 2.36 bits per heavy atom. The molecule has 33 heavy (non-hydrogen) atoms. The summed E-state index contributed by atoms with van der Waals surface area (Å²) in [5.41, 5.74) is 3.25. The molecule has 0 aliphatic rings. The van der Waals surface area contributed by atoms with E-state index in [0.717, 1.165) is 29.1 Å². The van der Waals surface area contributed by atoms with Crippen LogP contribution in [-0.2, 0) is 6.18 Å². The number of aromatic nitrogens is 3. The highest BCUT2D eigenvalue weighted by molar-refractivity contribution is 5.81. The van der Waals surface area contributed by atoms with Crippen LogP contribution in [0.15, 0.2) is 85.1 Å². The number of hydrogen-bond donors (Lipinski definition) is 2. The van der Waals surface area contributed by atoms with Gasteiger partial charge in [0.05, 0.1) is 16.6 Å². The molecule has 8 heteroatoms. The Bertz CT molecular complexity index is 1440. The van der Waals surface area contributed by atoms with Crippen LogP contribution in [0.2, 0.25) is 0 Å². The molecule has 0 atom stereocenters. The lowest BCUT2D eigenvalue weighted by atomic mass is 10.1. The van der Waals surface area contributed by atoms with E-state index in [1.54, 1.807) is 18.2 Å². The van der Waals surface area contributed by atoms with Crippen molar-refractivity contribution in [2.75, 3.05) is 5.32 Å². The lowest BCUT2D eigenvalue weighted by Gasteiger charge is -2.09. The van der Waals surface area contributed by atoms with Crippen molar-refractivity contribution in [1.82, 2.24) is 15.0 Å². The third kappa shape index (κ3) is 4.27. The summed E-state index contributed by atoms with van der Waals surface area (Å²) in [6.07, 6.45) is -2.88. The smallest absolute Gasteiger partial charge is 0.356 e. The molecule has 4 nitrogen and oxygen atoms in total. The number of anilines is 2. The van der Waals surface area contributed by atoms with E-state index in [1.807, 2.05) is 36.4 Å². The van der Waals surface area contributed by atoms with Crippen LogP contribution in [0.4, 0.5) is 28.9 Å². The van der Waals surface area contributed by atoms with Crippen molar-refractivity contribution in [3.8, 4) is 22.6 Å². The van der Waals surface area contributed by atoms with E-state index in [9.17, 15) is 17.6 Å². The number of rotatable bonds is 4. The maximum atomic E-state index is 13.9. The van der Waals surface area contributed by atoms with Crippen LogP contribution in [0.3, 0.4) is 0 Å². The number of nitrogens with one attached hydrogen (secondary N) is 2. The van der Waals surface area contributed by atoms with E-state index in [-0.39, 0.29) is 11.5 Å². The molecule has 0 spiro atoms. The van der Waals surface area contributed by atoms with Crippen LogP contribution in [-0.4, -0.2) is 15.0 Å². The first-order valence-corrected chi connectivity index (χ1v) is 10.0. The van der Waals surface area contributed by atoms with Gasteiger partial charge in [0.2, 0.25) is 0 Å². The number of nitrogens with zero attached hydrogens (tertiary/aromatic N) is 2. The van der Waals surface area contributed by atoms with Crippen molar-refractivity contribution in [2.24, 2.45) is 0 Å². The van der Waals surface area contributed by atoms with E-state index in [1.165, 1.54) is 18.3 Å². The summed E-state index contributed by atoms with van der Waals surface area (Å²) < 4.78 is 52.9. The first-order valence-electron chi connectivity index (χ1n) is 10.0. The number of halogens is 4. The number of pyridine rings is 1. The van der Waals surface area contributed by atoms with Crippen molar-refractivity contribution in [1.29, 1.82) is 0 Å². The third-order valence-electron chi connectivity index (χ3n) is 5.15. The van der Waals surface area contributed by atoms with Crippen molar-refractivity contribution in [3.05, 3.63) is 96.4 Å². The fraction of sp³-hybridized carbons (Fsp3) is 0.0400. The predicted octanol–water partition coefficient (Wildman–Crippen LogP) is 7.19. The quantitative estimate of drug-likeness (QED) is 0.286. The number of benzene rings is 3. The average molecular weight is 448 g/mol. The summed E-state index contributed by atoms with van der Waals surface area (Å²) in [5.74, 6) is 0.0769. The Balaban J connectivity index is 1.39. The normalized spacial score (nSPS) is 11.6. The molecule has 0 bridgehead atoms. The Labute approximate surface area is 186 Å². The fourth-order valence-electron chi connectivity index (χ4n) is 3.54. The summed E-state index contributed by atoms with van der Waals surface area (Å²) in [5, 5.41) is 3.27. The van der Waals surface area contributed by atoms with Gasteiger partial charge in [-0.2, -0.15) is 13.2 Å². The standard InChI is InChI=1S/C25H16F4N4/c26-20-5-2-12-30-23(20)15-6-9-18(10-7-15)31-19-4-1-3-16(13-19)24-32-21-11-8-17(25(27,28)29)14-22(21)33-24/h1-14,31H,(H,32,33). The Hall–Kier alpha value is -4.20. The van der Waals surface area contributed by atoms with Crippen LogP contribution < -0.4 is 5.32 Å². The fourth-order valence-corrected chi connectivity index (χ4v) is 3.54. The third-order valence-corrected chi connectivity index (χ3v) is 5.15. The Morgan fingerprint density at radius 2 is 1.61 bits per heavy atom. The molecule has 0 aliphatic carbocycles. The molecule has 0 aliphatic heterocycles. The summed E-state index contributed by atoms with van der Waals surface area (Å²) >= 11 is 0. The average Bonchev–Trinajstić information content (AvgIpc) is 3.23. The molecular formula is C25H16F4N4. The molecule has 5 aromatic rings. The van der Waals surface area contributed by atoms with Gasteiger partial charge in [-0.15, -0.1) is 0 Å². The molecule has 2 aromatic heterocycles. The number of fused-ring (bicyclic) bond motifs is 1. The molecule has 3 aromatic carbocycles. The number of hydrogen-bond acceptors (Lipinski definition) is 3. The lowest BCUT2D eigenvalue weighted by molar-refractivity contribution is -0.137. The minimum atomic E-state index is -4.42. The largest absolute Gasteiger partial charge is 0.416 e. The zero-order chi connectivity index (χ0) is 23.0. The van der Waals surface area contributed by atoms with Gasteiger partial charge >= 0.3 is 6.18 Å². The van der Waals surface area contributed by atoms with E-state index in [2.05, 4.69) is 20.3 Å². The topological polar surface area (TPSA) is 53.6 Å². The second-order valence-corrected chi connectivity index (χ2v) is 7.43. The molecule has 0 fully saturated rings. The monoisotopic (exact) mass is 448 g/mol. The van der Waals surface area contributed by atoms with Crippen LogP contribution in [0.1, 0.15) is 5.56 Å². The summed E-state index contributed by atoms with van der Waals surface area (Å²) in [6.45, 7) is 0. The molecule has 0 saturated heterocycles. The van der Waals surface area contributed by atoms with Gasteiger partial charge in [-0.3, -0.25) is 4.98 Å². The maximum Gasteiger partial charge on any atom is 0.416 e. The molecule has 0 radical (unpaired) electrons. The lowest BCUT2D eigenvalue weighted by Crippen LogP contribution is -2.04. The number of imidazole rings is 1. The summed E-state index contributed by atoms with van der Waals surface area (Å²) in [6, 6.07) is 20.9. The second-order valence-electron chi connectivity index (χ2n) is 7.43. The van der Waals surface area contributed by atoms with Gasteiger partial charge in [0.25, 0.3) is 0 Å². The van der Waals surface area contributed by atoms with Crippen LogP contribution in [0.25, 0.3) is 33.7 Å². The Morgan fingerprint density at radius 1 is 0.788 bits per heavy atom. The highest BCUT2D eigenvalue weighted by Gasteiger charge is 2.30. The van der Waals surface area contributed by atoms with E-state index in [4.69, 9.17) is 0 Å².